The highest BCUT2D eigenvalue weighted by Gasteiger charge is 2.18. The second-order valence-corrected chi connectivity index (χ2v) is 8.70. The highest BCUT2D eigenvalue weighted by atomic mass is 32.2. The molecule has 0 aliphatic carbocycles. The van der Waals surface area contributed by atoms with Crippen LogP contribution >= 0.6 is 0 Å². The number of amides is 1. The Bertz CT molecular complexity index is 1200. The molecule has 0 aromatic heterocycles. The predicted molar refractivity (Wildman–Crippen MR) is 119 cm³/mol. The summed E-state index contributed by atoms with van der Waals surface area (Å²) in [4.78, 5) is 14.2. The second-order valence-electron chi connectivity index (χ2n) is 7.02. The number of hydrogen-bond acceptors (Lipinski definition) is 5. The highest BCUT2D eigenvalue weighted by molar-refractivity contribution is 7.92. The Hall–Kier alpha value is -3.66. The maximum Gasteiger partial charge on any atom is 0.387 e. The number of rotatable bonds is 9. The van der Waals surface area contributed by atoms with Crippen LogP contribution in [0.1, 0.15) is 15.9 Å². The van der Waals surface area contributed by atoms with Crippen molar-refractivity contribution in [1.82, 2.24) is 4.90 Å². The summed E-state index contributed by atoms with van der Waals surface area (Å²) < 4.78 is 62.0. The van der Waals surface area contributed by atoms with E-state index < -0.39 is 16.6 Å². The van der Waals surface area contributed by atoms with Gasteiger partial charge in [-0.2, -0.15) is 8.78 Å². The van der Waals surface area contributed by atoms with Crippen LogP contribution in [0.5, 0.6) is 11.5 Å². The molecule has 0 saturated carbocycles. The Labute approximate surface area is 190 Å². The minimum absolute atomic E-state index is 0.0184. The van der Waals surface area contributed by atoms with Gasteiger partial charge >= 0.3 is 6.61 Å². The number of halogens is 2. The number of sulfonamides is 1. The van der Waals surface area contributed by atoms with Gasteiger partial charge in [0, 0.05) is 24.8 Å². The first-order valence-electron chi connectivity index (χ1n) is 9.75. The zero-order valence-electron chi connectivity index (χ0n) is 17.9. The van der Waals surface area contributed by atoms with Crippen LogP contribution in [-0.4, -0.2) is 40.0 Å². The molecule has 0 heterocycles. The van der Waals surface area contributed by atoms with Gasteiger partial charge in [0.2, 0.25) is 0 Å². The zero-order chi connectivity index (χ0) is 24.0. The normalized spacial score (nSPS) is 11.2. The fraction of sp³-hybridized carbons (Fsp3) is 0.174. The molecule has 0 aliphatic rings. The van der Waals surface area contributed by atoms with E-state index in [1.54, 1.807) is 43.4 Å². The maximum atomic E-state index is 12.8. The van der Waals surface area contributed by atoms with Crippen LogP contribution in [0, 0.1) is 0 Å². The Balaban J connectivity index is 1.69. The molecule has 0 aliphatic heterocycles. The number of anilines is 1. The molecule has 3 rings (SSSR count). The van der Waals surface area contributed by atoms with Gasteiger partial charge in [-0.15, -0.1) is 0 Å². The molecule has 174 valence electrons. The molecule has 0 radical (unpaired) electrons. The van der Waals surface area contributed by atoms with Crippen molar-refractivity contribution >= 4 is 21.6 Å². The number of methoxy groups -OCH3 is 1. The monoisotopic (exact) mass is 476 g/mol. The Morgan fingerprint density at radius 2 is 1.67 bits per heavy atom. The lowest BCUT2D eigenvalue weighted by Crippen LogP contribution is -2.26. The summed E-state index contributed by atoms with van der Waals surface area (Å²) in [6, 6.07) is 18.4. The van der Waals surface area contributed by atoms with Crippen molar-refractivity contribution in [2.75, 3.05) is 18.9 Å². The molecule has 0 atom stereocenters. The average molecular weight is 477 g/mol. The summed E-state index contributed by atoms with van der Waals surface area (Å²) in [6.45, 7) is -2.82. The number of nitrogens with zero attached hydrogens (tertiary/aromatic N) is 1. The molecule has 3 aromatic carbocycles. The Kier molecular flexibility index (Phi) is 7.49. The molecule has 1 N–H and O–H groups in total. The standard InChI is InChI=1S/C23H22F2N2O5S/c1-27(15-16-8-13-20(32-23(24)25)21(14-16)31-2)22(28)17-9-11-19(12-10-17)33(29,30)26-18-6-4-3-5-7-18/h3-14,23,26H,15H2,1-2H3. The summed E-state index contributed by atoms with van der Waals surface area (Å²) >= 11 is 0. The lowest BCUT2D eigenvalue weighted by atomic mass is 10.1. The fourth-order valence-corrected chi connectivity index (χ4v) is 4.13. The van der Waals surface area contributed by atoms with Crippen LogP contribution in [0.3, 0.4) is 0 Å². The lowest BCUT2D eigenvalue weighted by molar-refractivity contribution is -0.0512. The topological polar surface area (TPSA) is 84.9 Å². The zero-order valence-corrected chi connectivity index (χ0v) is 18.7. The van der Waals surface area contributed by atoms with Crippen LogP contribution in [-0.2, 0) is 16.6 Å². The Morgan fingerprint density at radius 1 is 1.00 bits per heavy atom. The van der Waals surface area contributed by atoms with E-state index >= 15 is 0 Å². The smallest absolute Gasteiger partial charge is 0.387 e. The summed E-state index contributed by atoms with van der Waals surface area (Å²) in [5, 5.41) is 0. The van der Waals surface area contributed by atoms with Crippen LogP contribution in [0.4, 0.5) is 14.5 Å². The predicted octanol–water partition coefficient (Wildman–Crippen LogP) is 4.37. The van der Waals surface area contributed by atoms with E-state index in [1.165, 1.54) is 48.4 Å². The number of para-hydroxylation sites is 1. The van der Waals surface area contributed by atoms with Crippen molar-refractivity contribution in [3.05, 3.63) is 83.9 Å². The van der Waals surface area contributed by atoms with E-state index in [0.717, 1.165) is 0 Å². The van der Waals surface area contributed by atoms with Crippen molar-refractivity contribution in [2.24, 2.45) is 0 Å². The minimum atomic E-state index is -3.80. The van der Waals surface area contributed by atoms with Crippen molar-refractivity contribution in [3.8, 4) is 11.5 Å². The number of carbonyl (C=O) groups is 1. The summed E-state index contributed by atoms with van der Waals surface area (Å²) in [5.74, 6) is -0.331. The van der Waals surface area contributed by atoms with Crippen molar-refractivity contribution < 1.29 is 31.5 Å². The molecule has 0 saturated heterocycles. The third-order valence-electron chi connectivity index (χ3n) is 4.65. The quantitative estimate of drug-likeness (QED) is 0.496. The molecule has 0 bridgehead atoms. The van der Waals surface area contributed by atoms with Crippen LogP contribution in [0.2, 0.25) is 0 Å². The molecule has 1 amide bonds. The first-order chi connectivity index (χ1) is 15.7. The third-order valence-corrected chi connectivity index (χ3v) is 6.05. The number of carbonyl (C=O) groups excluding carboxylic acids is 1. The average Bonchev–Trinajstić information content (AvgIpc) is 2.79. The summed E-state index contributed by atoms with van der Waals surface area (Å²) in [7, 11) is -0.902. The van der Waals surface area contributed by atoms with Crippen LogP contribution in [0.15, 0.2) is 77.7 Å². The highest BCUT2D eigenvalue weighted by Crippen LogP contribution is 2.30. The first-order valence-corrected chi connectivity index (χ1v) is 11.2. The molecular formula is C23H22F2N2O5S. The summed E-state index contributed by atoms with van der Waals surface area (Å²) in [5.41, 5.74) is 1.36. The number of nitrogens with one attached hydrogen (secondary N) is 1. The van der Waals surface area contributed by atoms with E-state index in [4.69, 9.17) is 4.74 Å². The molecule has 0 unspecified atom stereocenters. The minimum Gasteiger partial charge on any atom is -0.493 e. The molecular weight excluding hydrogens is 454 g/mol. The van der Waals surface area contributed by atoms with Crippen molar-refractivity contribution in [2.45, 2.75) is 18.1 Å². The SMILES string of the molecule is COc1cc(CN(C)C(=O)c2ccc(S(=O)(=O)Nc3ccccc3)cc2)ccc1OC(F)F. The van der Waals surface area contributed by atoms with Crippen LogP contribution in [0.25, 0.3) is 0 Å². The maximum absolute atomic E-state index is 12.8. The van der Waals surface area contributed by atoms with E-state index in [2.05, 4.69) is 9.46 Å². The third kappa shape index (κ3) is 6.19. The van der Waals surface area contributed by atoms with Gasteiger partial charge in [-0.1, -0.05) is 24.3 Å². The number of benzene rings is 3. The van der Waals surface area contributed by atoms with Gasteiger partial charge in [-0.05, 0) is 54.1 Å². The first kappa shape index (κ1) is 24.0. The summed E-state index contributed by atoms with van der Waals surface area (Å²) in [6.07, 6.45) is 0. The van der Waals surface area contributed by atoms with Crippen LogP contribution < -0.4 is 14.2 Å². The molecule has 0 spiro atoms. The van der Waals surface area contributed by atoms with Gasteiger partial charge in [-0.25, -0.2) is 8.42 Å². The fourth-order valence-electron chi connectivity index (χ4n) is 3.07. The number of alkyl halides is 2. The van der Waals surface area contributed by atoms with Gasteiger partial charge in [0.15, 0.2) is 11.5 Å². The van der Waals surface area contributed by atoms with Gasteiger partial charge in [-0.3, -0.25) is 9.52 Å². The van der Waals surface area contributed by atoms with Gasteiger partial charge in [0.1, 0.15) is 0 Å². The largest absolute Gasteiger partial charge is 0.493 e. The molecule has 3 aromatic rings. The van der Waals surface area contributed by atoms with Gasteiger partial charge < -0.3 is 14.4 Å². The van der Waals surface area contributed by atoms with Gasteiger partial charge in [0.25, 0.3) is 15.9 Å². The molecule has 10 heteroatoms. The van der Waals surface area contributed by atoms with E-state index in [0.29, 0.717) is 16.8 Å². The van der Waals surface area contributed by atoms with Crippen molar-refractivity contribution in [3.63, 3.8) is 0 Å². The second kappa shape index (κ2) is 10.3. The van der Waals surface area contributed by atoms with Gasteiger partial charge in [0.05, 0.1) is 12.0 Å². The molecule has 0 fully saturated rings. The van der Waals surface area contributed by atoms with Crippen molar-refractivity contribution in [1.29, 1.82) is 0 Å². The van der Waals surface area contributed by atoms with E-state index in [9.17, 15) is 22.0 Å². The Morgan fingerprint density at radius 3 is 2.27 bits per heavy atom. The van der Waals surface area contributed by atoms with E-state index in [1.807, 2.05) is 0 Å². The lowest BCUT2D eigenvalue weighted by Gasteiger charge is -2.19. The number of hydrogen-bond donors (Lipinski definition) is 1. The van der Waals surface area contributed by atoms with E-state index in [-0.39, 0.29) is 28.8 Å². The number of ether oxygens (including phenoxy) is 2. The molecule has 33 heavy (non-hydrogen) atoms. The molecule has 7 nitrogen and oxygen atoms in total.